The van der Waals surface area contributed by atoms with Crippen molar-refractivity contribution in [3.8, 4) is 16.9 Å². The Bertz CT molecular complexity index is 1160. The van der Waals surface area contributed by atoms with E-state index in [0.717, 1.165) is 35.3 Å². The summed E-state index contributed by atoms with van der Waals surface area (Å²) in [5.74, 6) is -2.90. The van der Waals surface area contributed by atoms with Gasteiger partial charge in [0.25, 0.3) is 11.5 Å². The third-order valence-corrected chi connectivity index (χ3v) is 4.06. The standard InChI is InChI=1S/C19H15F4N5O3/c1-10(9-29)26-16(30)14-6-15(11-7-24-18(25-8-11)19(21,22)23)27-28(17(14)31)13-4-2-3-12(20)5-13/h2-8,10,29H,9H2,1H3,(H,26,30). The molecule has 2 N–H and O–H groups in total. The number of amides is 1. The lowest BCUT2D eigenvalue weighted by Gasteiger charge is -2.13. The maximum atomic E-state index is 13.7. The molecule has 0 saturated carbocycles. The van der Waals surface area contributed by atoms with Gasteiger partial charge in [-0.25, -0.2) is 14.4 Å². The minimum absolute atomic E-state index is 0.0102. The van der Waals surface area contributed by atoms with Crippen LogP contribution in [0.15, 0.2) is 47.5 Å². The molecule has 1 aromatic carbocycles. The first kappa shape index (κ1) is 22.0. The van der Waals surface area contributed by atoms with E-state index in [2.05, 4.69) is 20.4 Å². The minimum Gasteiger partial charge on any atom is -0.394 e. The van der Waals surface area contributed by atoms with Crippen LogP contribution in [0.2, 0.25) is 0 Å². The lowest BCUT2D eigenvalue weighted by molar-refractivity contribution is -0.144. The molecule has 1 atom stereocenters. The Labute approximate surface area is 172 Å². The van der Waals surface area contributed by atoms with Gasteiger partial charge in [-0.3, -0.25) is 9.59 Å². The summed E-state index contributed by atoms with van der Waals surface area (Å²) >= 11 is 0. The van der Waals surface area contributed by atoms with Gasteiger partial charge in [-0.05, 0) is 31.2 Å². The highest BCUT2D eigenvalue weighted by atomic mass is 19.4. The number of carbonyl (C=O) groups excluding carboxylic acids is 1. The van der Waals surface area contributed by atoms with Crippen molar-refractivity contribution < 1.29 is 27.5 Å². The molecule has 2 aromatic heterocycles. The maximum Gasteiger partial charge on any atom is 0.451 e. The molecule has 162 valence electrons. The van der Waals surface area contributed by atoms with Gasteiger partial charge in [-0.1, -0.05) is 6.07 Å². The number of nitrogens with one attached hydrogen (secondary N) is 1. The van der Waals surface area contributed by atoms with Crippen molar-refractivity contribution in [1.82, 2.24) is 25.1 Å². The number of rotatable bonds is 5. The van der Waals surface area contributed by atoms with E-state index in [0.29, 0.717) is 0 Å². The van der Waals surface area contributed by atoms with Crippen molar-refractivity contribution in [3.05, 3.63) is 70.3 Å². The number of hydrogen-bond acceptors (Lipinski definition) is 6. The molecule has 31 heavy (non-hydrogen) atoms. The lowest BCUT2D eigenvalue weighted by atomic mass is 10.1. The summed E-state index contributed by atoms with van der Waals surface area (Å²) in [5.41, 5.74) is -1.44. The van der Waals surface area contributed by atoms with Crippen molar-refractivity contribution >= 4 is 5.91 Å². The smallest absolute Gasteiger partial charge is 0.394 e. The molecule has 1 unspecified atom stereocenters. The summed E-state index contributed by atoms with van der Waals surface area (Å²) in [5, 5.41) is 15.6. The second kappa shape index (κ2) is 8.60. The normalized spacial score (nSPS) is 12.5. The number of carbonyl (C=O) groups is 1. The molecule has 12 heteroatoms. The summed E-state index contributed by atoms with van der Waals surface area (Å²) in [6, 6.07) is 5.20. The Morgan fingerprint density at radius 1 is 1.23 bits per heavy atom. The number of hydrogen-bond donors (Lipinski definition) is 2. The predicted molar refractivity (Wildman–Crippen MR) is 99.8 cm³/mol. The maximum absolute atomic E-state index is 13.7. The summed E-state index contributed by atoms with van der Waals surface area (Å²) in [6.07, 6.45) is -3.06. The largest absolute Gasteiger partial charge is 0.451 e. The first-order valence-corrected chi connectivity index (χ1v) is 8.82. The Kier molecular flexibility index (Phi) is 6.11. The fourth-order valence-electron chi connectivity index (χ4n) is 2.54. The number of aliphatic hydroxyl groups excluding tert-OH is 1. The average molecular weight is 437 g/mol. The van der Waals surface area contributed by atoms with Crippen LogP contribution in [0.5, 0.6) is 0 Å². The lowest BCUT2D eigenvalue weighted by Crippen LogP contribution is -2.39. The summed E-state index contributed by atoms with van der Waals surface area (Å²) in [6.45, 7) is 1.10. The van der Waals surface area contributed by atoms with Crippen molar-refractivity contribution in [2.45, 2.75) is 19.1 Å². The molecule has 0 spiro atoms. The summed E-state index contributed by atoms with van der Waals surface area (Å²) in [4.78, 5) is 31.9. The molecule has 3 rings (SSSR count). The molecule has 0 aliphatic carbocycles. The van der Waals surface area contributed by atoms with Crippen LogP contribution in [-0.4, -0.2) is 43.4 Å². The van der Waals surface area contributed by atoms with E-state index in [9.17, 15) is 27.2 Å². The van der Waals surface area contributed by atoms with E-state index in [1.54, 1.807) is 0 Å². The van der Waals surface area contributed by atoms with Crippen LogP contribution in [0, 0.1) is 5.82 Å². The molecular formula is C19H15F4N5O3. The zero-order valence-corrected chi connectivity index (χ0v) is 15.9. The van der Waals surface area contributed by atoms with Gasteiger partial charge in [0, 0.05) is 24.0 Å². The second-order valence-corrected chi connectivity index (χ2v) is 6.49. The monoisotopic (exact) mass is 437 g/mol. The van der Waals surface area contributed by atoms with E-state index >= 15 is 0 Å². The molecule has 0 aliphatic heterocycles. The van der Waals surface area contributed by atoms with Gasteiger partial charge in [-0.2, -0.15) is 23.0 Å². The number of aliphatic hydroxyl groups is 1. The SMILES string of the molecule is CC(CO)NC(=O)c1cc(-c2cnc(C(F)(F)F)nc2)nn(-c2cccc(F)c2)c1=O. The summed E-state index contributed by atoms with van der Waals surface area (Å²) < 4.78 is 52.6. The van der Waals surface area contributed by atoms with Gasteiger partial charge in [-0.15, -0.1) is 0 Å². The third-order valence-electron chi connectivity index (χ3n) is 4.06. The van der Waals surface area contributed by atoms with Crippen molar-refractivity contribution in [1.29, 1.82) is 0 Å². The van der Waals surface area contributed by atoms with Crippen LogP contribution in [0.3, 0.4) is 0 Å². The average Bonchev–Trinajstić information content (AvgIpc) is 2.73. The molecule has 2 heterocycles. The second-order valence-electron chi connectivity index (χ2n) is 6.49. The first-order chi connectivity index (χ1) is 14.6. The molecule has 0 aliphatic rings. The molecule has 0 radical (unpaired) electrons. The molecule has 0 fully saturated rings. The van der Waals surface area contributed by atoms with Crippen molar-refractivity contribution in [2.75, 3.05) is 6.61 Å². The zero-order chi connectivity index (χ0) is 22.8. The van der Waals surface area contributed by atoms with Gasteiger partial charge in [0.15, 0.2) is 0 Å². The number of benzene rings is 1. The van der Waals surface area contributed by atoms with E-state index in [4.69, 9.17) is 5.11 Å². The minimum atomic E-state index is -4.75. The molecular weight excluding hydrogens is 422 g/mol. The number of alkyl halides is 3. The molecule has 1 amide bonds. The zero-order valence-electron chi connectivity index (χ0n) is 15.9. The van der Waals surface area contributed by atoms with Crippen molar-refractivity contribution in [2.24, 2.45) is 0 Å². The number of nitrogens with zero attached hydrogens (tertiary/aromatic N) is 4. The van der Waals surface area contributed by atoms with E-state index in [1.807, 2.05) is 0 Å². The van der Waals surface area contributed by atoms with E-state index in [1.165, 1.54) is 19.1 Å². The molecule has 3 aromatic rings. The van der Waals surface area contributed by atoms with Crippen LogP contribution in [0.4, 0.5) is 17.6 Å². The fourth-order valence-corrected chi connectivity index (χ4v) is 2.54. The van der Waals surface area contributed by atoms with Crippen LogP contribution < -0.4 is 10.9 Å². The topological polar surface area (TPSA) is 110 Å². The molecule has 8 nitrogen and oxygen atoms in total. The quantitative estimate of drug-likeness (QED) is 0.591. The van der Waals surface area contributed by atoms with Crippen LogP contribution in [-0.2, 0) is 6.18 Å². The first-order valence-electron chi connectivity index (χ1n) is 8.82. The Balaban J connectivity index is 2.17. The van der Waals surface area contributed by atoms with Gasteiger partial charge in [0.1, 0.15) is 11.4 Å². The predicted octanol–water partition coefficient (Wildman–Crippen LogP) is 1.96. The van der Waals surface area contributed by atoms with Crippen LogP contribution in [0.25, 0.3) is 16.9 Å². The highest BCUT2D eigenvalue weighted by molar-refractivity contribution is 5.95. The van der Waals surface area contributed by atoms with Crippen molar-refractivity contribution in [3.63, 3.8) is 0 Å². The Morgan fingerprint density at radius 3 is 2.48 bits per heavy atom. The van der Waals surface area contributed by atoms with Gasteiger partial charge in [0.05, 0.1) is 18.0 Å². The number of halogens is 4. The molecule has 0 saturated heterocycles. The highest BCUT2D eigenvalue weighted by Crippen LogP contribution is 2.26. The van der Waals surface area contributed by atoms with Gasteiger partial charge in [0.2, 0.25) is 5.82 Å². The van der Waals surface area contributed by atoms with Gasteiger partial charge < -0.3 is 10.4 Å². The fraction of sp³-hybridized carbons (Fsp3) is 0.211. The van der Waals surface area contributed by atoms with E-state index in [-0.39, 0.29) is 16.9 Å². The highest BCUT2D eigenvalue weighted by Gasteiger charge is 2.34. The van der Waals surface area contributed by atoms with Gasteiger partial charge >= 0.3 is 6.18 Å². The van der Waals surface area contributed by atoms with Crippen LogP contribution >= 0.6 is 0 Å². The third kappa shape index (κ3) is 4.91. The Hall–Kier alpha value is -3.67. The summed E-state index contributed by atoms with van der Waals surface area (Å²) in [7, 11) is 0. The van der Waals surface area contributed by atoms with Crippen LogP contribution in [0.1, 0.15) is 23.1 Å². The van der Waals surface area contributed by atoms with E-state index < -0.39 is 47.5 Å². The molecule has 0 bridgehead atoms. The Morgan fingerprint density at radius 2 is 1.90 bits per heavy atom. The number of aromatic nitrogens is 4.